The van der Waals surface area contributed by atoms with Gasteiger partial charge in [-0.2, -0.15) is 0 Å². The van der Waals surface area contributed by atoms with Crippen molar-refractivity contribution in [2.24, 2.45) is 0 Å². The standard InChI is InChI=1S/C19H16N4O6S/c24-12-5-8-3-1-2-4-9(8)13(12)22-19(29)20-11-7-30-6-10(11)16-21-14(18(27)28)15(25)17(26)23-16/h1-4,6-7,12-13,24-25H,5H2,(H,27,28)(H2,20,22,29)(H,21,23,26)/t12-,13+/m1/s1. The maximum Gasteiger partial charge on any atom is 0.358 e. The number of aliphatic hydroxyl groups is 1. The largest absolute Gasteiger partial charge is 0.501 e. The fraction of sp³-hybridized carbons (Fsp3) is 0.158. The van der Waals surface area contributed by atoms with Crippen LogP contribution in [0.5, 0.6) is 5.75 Å². The molecule has 2 atom stereocenters. The van der Waals surface area contributed by atoms with E-state index in [4.69, 9.17) is 5.11 Å². The number of fused-ring (bicyclic) bond motifs is 1. The molecular formula is C19H16N4O6S. The van der Waals surface area contributed by atoms with Crippen molar-refractivity contribution in [3.05, 3.63) is 62.2 Å². The average molecular weight is 428 g/mol. The van der Waals surface area contributed by atoms with Crippen LogP contribution in [-0.2, 0) is 6.42 Å². The summed E-state index contributed by atoms with van der Waals surface area (Å²) in [6.07, 6.45) is -0.329. The molecule has 30 heavy (non-hydrogen) atoms. The first kappa shape index (κ1) is 19.6. The number of urea groups is 1. The van der Waals surface area contributed by atoms with E-state index in [2.05, 4.69) is 20.6 Å². The van der Waals surface area contributed by atoms with E-state index >= 15 is 0 Å². The number of nitrogens with zero attached hydrogens (tertiary/aromatic N) is 1. The van der Waals surface area contributed by atoms with Gasteiger partial charge in [0, 0.05) is 17.2 Å². The minimum Gasteiger partial charge on any atom is -0.501 e. The second-order valence-electron chi connectivity index (χ2n) is 6.66. The summed E-state index contributed by atoms with van der Waals surface area (Å²) in [4.78, 5) is 41.7. The van der Waals surface area contributed by atoms with Crippen LogP contribution in [-0.4, -0.2) is 43.4 Å². The molecule has 154 valence electrons. The number of H-pyrrole nitrogens is 1. The molecule has 10 nitrogen and oxygen atoms in total. The Labute approximate surface area is 172 Å². The van der Waals surface area contributed by atoms with Crippen LogP contribution in [0.15, 0.2) is 39.8 Å². The highest BCUT2D eigenvalue weighted by molar-refractivity contribution is 7.08. The summed E-state index contributed by atoms with van der Waals surface area (Å²) in [6.45, 7) is 0. The van der Waals surface area contributed by atoms with Crippen molar-refractivity contribution in [2.45, 2.75) is 18.6 Å². The van der Waals surface area contributed by atoms with Gasteiger partial charge in [-0.1, -0.05) is 24.3 Å². The van der Waals surface area contributed by atoms with Gasteiger partial charge in [-0.25, -0.2) is 14.6 Å². The topological polar surface area (TPSA) is 165 Å². The van der Waals surface area contributed by atoms with Crippen molar-refractivity contribution in [1.29, 1.82) is 0 Å². The molecular weight excluding hydrogens is 412 g/mol. The molecule has 0 fully saturated rings. The van der Waals surface area contributed by atoms with Gasteiger partial charge in [-0.3, -0.25) is 4.79 Å². The molecule has 1 aliphatic rings. The molecule has 0 saturated carbocycles. The molecule has 3 aromatic rings. The Morgan fingerprint density at radius 3 is 2.77 bits per heavy atom. The zero-order valence-corrected chi connectivity index (χ0v) is 16.1. The molecule has 0 radical (unpaired) electrons. The molecule has 0 spiro atoms. The minimum atomic E-state index is -1.56. The van der Waals surface area contributed by atoms with Gasteiger partial charge in [0.25, 0.3) is 5.56 Å². The first-order valence-corrected chi connectivity index (χ1v) is 9.76. The van der Waals surface area contributed by atoms with Crippen LogP contribution in [0.25, 0.3) is 11.4 Å². The number of carboxylic acid groups (broad SMARTS) is 1. The molecule has 11 heteroatoms. The summed E-state index contributed by atoms with van der Waals surface area (Å²) in [5.74, 6) is -2.67. The normalized spacial score (nSPS) is 17.4. The third-order valence-electron chi connectivity index (χ3n) is 4.75. The molecule has 0 unspecified atom stereocenters. The molecule has 1 aromatic carbocycles. The van der Waals surface area contributed by atoms with E-state index in [-0.39, 0.29) is 17.1 Å². The second-order valence-corrected chi connectivity index (χ2v) is 7.41. The zero-order chi connectivity index (χ0) is 21.4. The van der Waals surface area contributed by atoms with Crippen molar-refractivity contribution in [3.63, 3.8) is 0 Å². The van der Waals surface area contributed by atoms with Gasteiger partial charge in [-0.05, 0) is 11.1 Å². The Hall–Kier alpha value is -3.70. The van der Waals surface area contributed by atoms with Crippen molar-refractivity contribution >= 4 is 29.0 Å². The van der Waals surface area contributed by atoms with Gasteiger partial charge in [0.05, 0.1) is 23.4 Å². The Morgan fingerprint density at radius 1 is 1.23 bits per heavy atom. The Balaban J connectivity index is 1.57. The number of aromatic nitrogens is 2. The van der Waals surface area contributed by atoms with Gasteiger partial charge < -0.3 is 30.9 Å². The molecule has 4 rings (SSSR count). The summed E-state index contributed by atoms with van der Waals surface area (Å²) in [5, 5.41) is 37.5. The maximum absolute atomic E-state index is 12.5. The summed E-state index contributed by atoms with van der Waals surface area (Å²) in [5.41, 5.74) is 0.552. The van der Waals surface area contributed by atoms with Gasteiger partial charge in [0.15, 0.2) is 5.69 Å². The molecule has 1 aliphatic carbocycles. The number of aliphatic hydroxyl groups excluding tert-OH is 1. The average Bonchev–Trinajstić information content (AvgIpc) is 3.28. The summed E-state index contributed by atoms with van der Waals surface area (Å²) >= 11 is 1.20. The number of thiophene rings is 1. The van der Waals surface area contributed by atoms with Crippen molar-refractivity contribution in [2.75, 3.05) is 5.32 Å². The number of rotatable bonds is 4. The number of aromatic hydroxyl groups is 1. The first-order chi connectivity index (χ1) is 14.3. The highest BCUT2D eigenvalue weighted by Gasteiger charge is 2.32. The maximum atomic E-state index is 12.5. The second kappa shape index (κ2) is 7.61. The fourth-order valence-corrected chi connectivity index (χ4v) is 4.13. The smallest absolute Gasteiger partial charge is 0.358 e. The van der Waals surface area contributed by atoms with Gasteiger partial charge >= 0.3 is 12.0 Å². The number of carbonyl (C=O) groups is 2. The molecule has 2 amide bonds. The number of carbonyl (C=O) groups excluding carboxylic acids is 1. The number of benzene rings is 1. The highest BCUT2D eigenvalue weighted by atomic mass is 32.1. The van der Waals surface area contributed by atoms with Gasteiger partial charge in [0.1, 0.15) is 5.82 Å². The van der Waals surface area contributed by atoms with E-state index in [0.717, 1.165) is 11.1 Å². The number of nitrogens with one attached hydrogen (secondary N) is 3. The number of anilines is 1. The van der Waals surface area contributed by atoms with E-state index in [9.17, 15) is 24.6 Å². The monoisotopic (exact) mass is 428 g/mol. The number of aromatic carboxylic acids is 1. The van der Waals surface area contributed by atoms with Crippen LogP contribution in [0.1, 0.15) is 27.7 Å². The third kappa shape index (κ3) is 3.51. The Morgan fingerprint density at radius 2 is 2.00 bits per heavy atom. The van der Waals surface area contributed by atoms with E-state index in [0.29, 0.717) is 6.42 Å². The molecule has 0 saturated heterocycles. The number of hydrogen-bond donors (Lipinski definition) is 6. The van der Waals surface area contributed by atoms with Crippen LogP contribution in [0, 0.1) is 0 Å². The molecule has 6 N–H and O–H groups in total. The highest BCUT2D eigenvalue weighted by Crippen LogP contribution is 2.32. The van der Waals surface area contributed by atoms with E-state index in [1.165, 1.54) is 11.3 Å². The minimum absolute atomic E-state index is 0.113. The van der Waals surface area contributed by atoms with Gasteiger partial charge in [0.2, 0.25) is 5.75 Å². The fourth-order valence-electron chi connectivity index (χ4n) is 3.37. The van der Waals surface area contributed by atoms with Gasteiger partial charge in [-0.15, -0.1) is 11.3 Å². The van der Waals surface area contributed by atoms with E-state index < -0.39 is 41.1 Å². The predicted octanol–water partition coefficient (Wildman–Crippen LogP) is 1.68. The lowest BCUT2D eigenvalue weighted by Crippen LogP contribution is -2.36. The number of amides is 2. The van der Waals surface area contributed by atoms with Crippen LogP contribution >= 0.6 is 11.3 Å². The van der Waals surface area contributed by atoms with Crippen LogP contribution in [0.2, 0.25) is 0 Å². The van der Waals surface area contributed by atoms with Crippen LogP contribution in [0.3, 0.4) is 0 Å². The predicted molar refractivity (Wildman–Crippen MR) is 108 cm³/mol. The SMILES string of the molecule is O=C(Nc1cscc1-c1nc(C(=O)O)c(O)c(=O)[nH]1)N[C@H]1c2ccccc2C[C@H]1O. The zero-order valence-electron chi connectivity index (χ0n) is 15.2. The van der Waals surface area contributed by atoms with Crippen molar-refractivity contribution in [3.8, 4) is 17.1 Å². The molecule has 2 heterocycles. The third-order valence-corrected chi connectivity index (χ3v) is 5.50. The Kier molecular flexibility index (Phi) is 4.98. The molecule has 0 bridgehead atoms. The van der Waals surface area contributed by atoms with Crippen molar-refractivity contribution in [1.82, 2.24) is 15.3 Å². The first-order valence-electron chi connectivity index (χ1n) is 8.81. The number of aromatic amines is 1. The summed E-state index contributed by atoms with van der Waals surface area (Å²) in [6, 6.07) is 6.26. The van der Waals surface area contributed by atoms with E-state index in [1.54, 1.807) is 10.8 Å². The lowest BCUT2D eigenvalue weighted by Gasteiger charge is -2.18. The molecule has 2 aromatic heterocycles. The number of hydrogen-bond acceptors (Lipinski definition) is 7. The van der Waals surface area contributed by atoms with Crippen molar-refractivity contribution < 1.29 is 24.9 Å². The number of carboxylic acids is 1. The lowest BCUT2D eigenvalue weighted by atomic mass is 10.1. The quantitative estimate of drug-likeness (QED) is 0.368. The Bertz CT molecular complexity index is 1200. The lowest BCUT2D eigenvalue weighted by molar-refractivity contribution is 0.0686. The summed E-state index contributed by atoms with van der Waals surface area (Å²) in [7, 11) is 0. The van der Waals surface area contributed by atoms with Crippen LogP contribution in [0.4, 0.5) is 10.5 Å². The van der Waals surface area contributed by atoms with Crippen LogP contribution < -0.4 is 16.2 Å². The van der Waals surface area contributed by atoms with E-state index in [1.807, 2.05) is 24.3 Å². The molecule has 0 aliphatic heterocycles. The summed E-state index contributed by atoms with van der Waals surface area (Å²) < 4.78 is 0.